The number of hydrogen-bond donors (Lipinski definition) is 0. The third-order valence-corrected chi connectivity index (χ3v) is 18.2. The monoisotopic (exact) mass is 833 g/mol. The fourth-order valence-electron chi connectivity index (χ4n) is 10.6. The van der Waals surface area contributed by atoms with Gasteiger partial charge in [-0.3, -0.25) is 0 Å². The molecule has 1 unspecified atom stereocenters. The van der Waals surface area contributed by atoms with E-state index in [1.807, 2.05) is 6.07 Å². The minimum absolute atomic E-state index is 0.874. The molecule has 1 aliphatic heterocycles. The van der Waals surface area contributed by atoms with Gasteiger partial charge < -0.3 is 13.7 Å². The molecule has 1 aliphatic rings. The van der Waals surface area contributed by atoms with Gasteiger partial charge in [0, 0.05) is 27.2 Å². The topological polar surface area (TPSA) is 27.3 Å². The van der Waals surface area contributed by atoms with Crippen molar-refractivity contribution in [1.29, 1.82) is 0 Å². The number of para-hydroxylation sites is 5. The highest BCUT2D eigenvalue weighted by atomic mass is 28.3. The Balaban J connectivity index is 1.08. The zero-order chi connectivity index (χ0) is 42.2. The first-order valence-electron chi connectivity index (χ1n) is 21.9. The van der Waals surface area contributed by atoms with E-state index in [1.165, 1.54) is 64.8 Å². The second kappa shape index (κ2) is 14.5. The van der Waals surface area contributed by atoms with Crippen molar-refractivity contribution in [3.63, 3.8) is 0 Å². The number of aromatic nitrogens is 1. The molecule has 3 nitrogen and oxygen atoms in total. The van der Waals surface area contributed by atoms with Crippen molar-refractivity contribution in [2.45, 2.75) is 0 Å². The molecule has 2 aromatic heterocycles. The molecule has 13 rings (SSSR count). The molecule has 1 atom stereocenters. The van der Waals surface area contributed by atoms with Gasteiger partial charge in [-0.05, 0) is 96.6 Å². The van der Waals surface area contributed by atoms with Crippen LogP contribution in [0.25, 0.3) is 82.8 Å². The summed E-state index contributed by atoms with van der Waals surface area (Å²) in [5.74, 6) is 1.75. The summed E-state index contributed by atoms with van der Waals surface area (Å²) in [4.78, 5) is 0. The van der Waals surface area contributed by atoms with Gasteiger partial charge in [-0.2, -0.15) is 0 Å². The van der Waals surface area contributed by atoms with E-state index in [9.17, 15) is 0 Å². The summed E-state index contributed by atoms with van der Waals surface area (Å²) in [5, 5.41) is 9.62. The van der Waals surface area contributed by atoms with Gasteiger partial charge in [-0.25, -0.2) is 0 Å². The van der Waals surface area contributed by atoms with Gasteiger partial charge in [-0.1, -0.05) is 194 Å². The number of nitrogens with zero attached hydrogens (tertiary/aromatic N) is 1. The standard InChI is InChI=1S/C60H39NO2Si/c1-2-16-40(17-3-1)41-30-32-42(33-31-41)45-18-4-5-19-46(45)43-34-37-60-57(38-43)63-55-27-13-15-29-59(55)64(60,44-35-36-50-49-22-8-12-26-54(49)62-56(50)39-44)58-28-14-11-25-53(58)61-51-23-9-6-20-47(51)48-21-7-10-24-52(48)61/h1-39H. The number of rotatable bonds is 6. The molecule has 0 spiro atoms. The van der Waals surface area contributed by atoms with Crippen molar-refractivity contribution in [2.75, 3.05) is 0 Å². The molecule has 0 aliphatic carbocycles. The van der Waals surface area contributed by atoms with Crippen molar-refractivity contribution in [2.24, 2.45) is 0 Å². The quantitative estimate of drug-likeness (QED) is 0.156. The Morgan fingerprint density at radius 2 is 0.875 bits per heavy atom. The van der Waals surface area contributed by atoms with Crippen molar-refractivity contribution >= 4 is 72.6 Å². The Bertz CT molecular complexity index is 3720. The lowest BCUT2D eigenvalue weighted by atomic mass is 9.93. The first kappa shape index (κ1) is 36.5. The lowest BCUT2D eigenvalue weighted by Gasteiger charge is -2.40. The highest BCUT2D eigenvalue weighted by molar-refractivity contribution is 7.21. The smallest absolute Gasteiger partial charge is 0.190 e. The molecule has 10 aromatic carbocycles. The molecule has 0 bridgehead atoms. The molecule has 0 radical (unpaired) electrons. The molecule has 0 amide bonds. The minimum Gasteiger partial charge on any atom is -0.458 e. The number of hydrogen-bond acceptors (Lipinski definition) is 2. The molecule has 12 aromatic rings. The molecule has 0 N–H and O–H groups in total. The Morgan fingerprint density at radius 3 is 1.66 bits per heavy atom. The van der Waals surface area contributed by atoms with Crippen LogP contribution >= 0.6 is 0 Å². The predicted molar refractivity (Wildman–Crippen MR) is 268 cm³/mol. The summed E-state index contributed by atoms with van der Waals surface area (Å²) in [6.07, 6.45) is 0. The summed E-state index contributed by atoms with van der Waals surface area (Å²) < 4.78 is 16.4. The highest BCUT2D eigenvalue weighted by Gasteiger charge is 2.50. The molecule has 0 fully saturated rings. The van der Waals surface area contributed by atoms with Crippen LogP contribution in [0.3, 0.4) is 0 Å². The van der Waals surface area contributed by atoms with Gasteiger partial charge in [0.25, 0.3) is 0 Å². The van der Waals surface area contributed by atoms with E-state index < -0.39 is 8.07 Å². The Morgan fingerprint density at radius 1 is 0.328 bits per heavy atom. The van der Waals surface area contributed by atoms with Gasteiger partial charge in [0.2, 0.25) is 0 Å². The first-order valence-corrected chi connectivity index (χ1v) is 23.9. The van der Waals surface area contributed by atoms with Crippen molar-refractivity contribution in [1.82, 2.24) is 4.57 Å². The van der Waals surface area contributed by atoms with E-state index >= 15 is 0 Å². The average molecular weight is 834 g/mol. The van der Waals surface area contributed by atoms with Crippen molar-refractivity contribution in [3.05, 3.63) is 237 Å². The highest BCUT2D eigenvalue weighted by Crippen LogP contribution is 2.39. The third-order valence-electron chi connectivity index (χ3n) is 13.4. The lowest BCUT2D eigenvalue weighted by Crippen LogP contribution is -2.76. The summed E-state index contributed by atoms with van der Waals surface area (Å²) >= 11 is 0. The zero-order valence-electron chi connectivity index (χ0n) is 34.8. The maximum atomic E-state index is 7.16. The Hall–Kier alpha value is -8.18. The number of fused-ring (bicyclic) bond motifs is 8. The summed E-state index contributed by atoms with van der Waals surface area (Å²) in [6.45, 7) is 0. The first-order chi connectivity index (χ1) is 31.7. The lowest BCUT2D eigenvalue weighted by molar-refractivity contribution is 0.487. The average Bonchev–Trinajstić information content (AvgIpc) is 3.91. The fraction of sp³-hybridized carbons (Fsp3) is 0. The minimum atomic E-state index is -3.26. The van der Waals surface area contributed by atoms with Crippen molar-refractivity contribution < 1.29 is 9.15 Å². The zero-order valence-corrected chi connectivity index (χ0v) is 35.8. The second-order valence-electron chi connectivity index (χ2n) is 16.7. The third kappa shape index (κ3) is 5.46. The van der Waals surface area contributed by atoms with Gasteiger partial charge in [0.05, 0.1) is 11.0 Å². The van der Waals surface area contributed by atoms with Crippen LogP contribution in [0.1, 0.15) is 0 Å². The molecule has 4 heteroatoms. The number of ether oxygens (including phenoxy) is 1. The summed E-state index contributed by atoms with van der Waals surface area (Å²) in [7, 11) is -3.26. The molecule has 3 heterocycles. The van der Waals surface area contributed by atoms with E-state index in [1.54, 1.807) is 0 Å². The van der Waals surface area contributed by atoms with Crippen LogP contribution in [0.5, 0.6) is 11.5 Å². The Kier molecular flexibility index (Phi) is 8.23. The molecular formula is C60H39NO2Si. The van der Waals surface area contributed by atoms with Crippen LogP contribution in [0.15, 0.2) is 241 Å². The molecule has 64 heavy (non-hydrogen) atoms. The van der Waals surface area contributed by atoms with Gasteiger partial charge in [0.1, 0.15) is 22.7 Å². The molecular weight excluding hydrogens is 795 g/mol. The largest absolute Gasteiger partial charge is 0.458 e. The van der Waals surface area contributed by atoms with E-state index in [0.717, 1.165) is 50.3 Å². The Labute approximate surface area is 371 Å². The maximum absolute atomic E-state index is 7.16. The van der Waals surface area contributed by atoms with Crippen molar-refractivity contribution in [3.8, 4) is 50.6 Å². The predicted octanol–water partition coefficient (Wildman–Crippen LogP) is 13.2. The van der Waals surface area contributed by atoms with Crippen LogP contribution in [-0.2, 0) is 0 Å². The maximum Gasteiger partial charge on any atom is 0.190 e. The van der Waals surface area contributed by atoms with Crippen LogP contribution in [0, 0.1) is 0 Å². The van der Waals surface area contributed by atoms with Gasteiger partial charge in [-0.15, -0.1) is 0 Å². The SMILES string of the molecule is c1ccc(-c2ccc(-c3ccccc3-c3ccc4c(c3)Oc3ccccc3[Si]4(c3ccc4c(c3)oc3ccccc34)c3ccccc3-n3c4ccccc4c4ccccc43)cc2)cc1. The van der Waals surface area contributed by atoms with Crippen LogP contribution in [-0.4, -0.2) is 12.6 Å². The van der Waals surface area contributed by atoms with Crippen LogP contribution < -0.4 is 25.5 Å². The van der Waals surface area contributed by atoms with Crippen LogP contribution in [0.2, 0.25) is 0 Å². The number of benzene rings is 10. The van der Waals surface area contributed by atoms with E-state index in [-0.39, 0.29) is 0 Å². The molecule has 0 saturated heterocycles. The van der Waals surface area contributed by atoms with Crippen LogP contribution in [0.4, 0.5) is 0 Å². The van der Waals surface area contributed by atoms with E-state index in [0.29, 0.717) is 0 Å². The van der Waals surface area contributed by atoms with E-state index in [4.69, 9.17) is 9.15 Å². The van der Waals surface area contributed by atoms with Gasteiger partial charge in [0.15, 0.2) is 8.07 Å². The second-order valence-corrected chi connectivity index (χ2v) is 20.4. The number of furan rings is 1. The van der Waals surface area contributed by atoms with Gasteiger partial charge >= 0.3 is 0 Å². The normalized spacial score (nSPS) is 14.4. The molecule has 0 saturated carbocycles. The summed E-state index contributed by atoms with van der Waals surface area (Å²) in [6, 6.07) is 85.9. The fourth-order valence-corrected chi connectivity index (χ4v) is 15.6. The van der Waals surface area contributed by atoms with E-state index in [2.05, 4.69) is 235 Å². The summed E-state index contributed by atoms with van der Waals surface area (Å²) in [5.41, 5.74) is 12.3. The molecule has 300 valence electrons.